The average molecular weight is 334 g/mol. The Hall–Kier alpha value is -2.88. The van der Waals surface area contributed by atoms with E-state index in [0.717, 1.165) is 23.0 Å². The van der Waals surface area contributed by atoms with Gasteiger partial charge in [0.15, 0.2) is 0 Å². The van der Waals surface area contributed by atoms with Gasteiger partial charge in [0.05, 0.1) is 17.3 Å². The predicted octanol–water partition coefficient (Wildman–Crippen LogP) is 4.97. The Morgan fingerprint density at radius 2 is 1.96 bits per heavy atom. The number of hydrogen-bond acceptors (Lipinski definition) is 3. The minimum Gasteiger partial charge on any atom is -0.491 e. The van der Waals surface area contributed by atoms with Gasteiger partial charge >= 0.3 is 0 Å². The summed E-state index contributed by atoms with van der Waals surface area (Å²) in [6.07, 6.45) is 1.03. The molecule has 25 heavy (non-hydrogen) atoms. The lowest BCUT2D eigenvalue weighted by atomic mass is 10.1. The molecule has 0 bridgehead atoms. The minimum atomic E-state index is -0.176. The largest absolute Gasteiger partial charge is 0.491 e. The van der Waals surface area contributed by atoms with Gasteiger partial charge in [-0.05, 0) is 50.6 Å². The second-order valence-electron chi connectivity index (χ2n) is 6.15. The Labute approximate surface area is 147 Å². The molecular formula is C21H22N2O2. The molecule has 1 heterocycles. The number of anilines is 1. The van der Waals surface area contributed by atoms with Crippen molar-refractivity contribution in [3.05, 3.63) is 65.9 Å². The maximum atomic E-state index is 12.7. The Morgan fingerprint density at radius 1 is 1.16 bits per heavy atom. The Kier molecular flexibility index (Phi) is 4.98. The summed E-state index contributed by atoms with van der Waals surface area (Å²) in [4.78, 5) is 17.2. The van der Waals surface area contributed by atoms with Gasteiger partial charge in [0.25, 0.3) is 5.91 Å². The third-order valence-electron chi connectivity index (χ3n) is 4.12. The quantitative estimate of drug-likeness (QED) is 0.716. The lowest BCUT2D eigenvalue weighted by Crippen LogP contribution is -2.14. The SMILES string of the molecule is CC[C@@H](C)Oc1cccc(C(=O)Nc2cccc3ccc(C)nc23)c1. The topological polar surface area (TPSA) is 51.2 Å². The van der Waals surface area contributed by atoms with Gasteiger partial charge in [-0.2, -0.15) is 0 Å². The van der Waals surface area contributed by atoms with Crippen molar-refractivity contribution in [1.29, 1.82) is 0 Å². The normalized spacial score (nSPS) is 12.0. The maximum absolute atomic E-state index is 12.7. The molecule has 0 aliphatic carbocycles. The number of aryl methyl sites for hydroxylation is 1. The molecule has 3 aromatic rings. The molecule has 0 aliphatic rings. The third-order valence-corrected chi connectivity index (χ3v) is 4.12. The molecule has 1 atom stereocenters. The van der Waals surface area contributed by atoms with Crippen LogP contribution in [0.1, 0.15) is 36.3 Å². The number of benzene rings is 2. The van der Waals surface area contributed by atoms with Crippen LogP contribution in [0.3, 0.4) is 0 Å². The van der Waals surface area contributed by atoms with E-state index in [2.05, 4.69) is 17.2 Å². The highest BCUT2D eigenvalue weighted by atomic mass is 16.5. The first-order valence-corrected chi connectivity index (χ1v) is 8.51. The van der Waals surface area contributed by atoms with Gasteiger partial charge < -0.3 is 10.1 Å². The van der Waals surface area contributed by atoms with E-state index in [1.165, 1.54) is 0 Å². The molecule has 0 spiro atoms. The van der Waals surface area contributed by atoms with Gasteiger partial charge in [-0.15, -0.1) is 0 Å². The number of pyridine rings is 1. The van der Waals surface area contributed by atoms with Gasteiger partial charge in [0.2, 0.25) is 0 Å². The van der Waals surface area contributed by atoms with E-state index in [1.54, 1.807) is 12.1 Å². The average Bonchev–Trinajstić information content (AvgIpc) is 2.62. The van der Waals surface area contributed by atoms with Crippen molar-refractivity contribution in [2.45, 2.75) is 33.3 Å². The summed E-state index contributed by atoms with van der Waals surface area (Å²) in [5.74, 6) is 0.527. The van der Waals surface area contributed by atoms with Crippen molar-refractivity contribution < 1.29 is 9.53 Å². The first kappa shape index (κ1) is 17.0. The van der Waals surface area contributed by atoms with Crippen LogP contribution in [0.5, 0.6) is 5.75 Å². The molecule has 0 saturated heterocycles. The fraction of sp³-hybridized carbons (Fsp3) is 0.238. The summed E-state index contributed by atoms with van der Waals surface area (Å²) in [6.45, 7) is 6.02. The molecular weight excluding hydrogens is 312 g/mol. The molecule has 0 aliphatic heterocycles. The summed E-state index contributed by atoms with van der Waals surface area (Å²) in [5.41, 5.74) is 2.98. The third kappa shape index (κ3) is 3.97. The van der Waals surface area contributed by atoms with Crippen LogP contribution in [0.25, 0.3) is 10.9 Å². The van der Waals surface area contributed by atoms with E-state index < -0.39 is 0 Å². The summed E-state index contributed by atoms with van der Waals surface area (Å²) in [6, 6.07) is 17.0. The van der Waals surface area contributed by atoms with E-state index in [1.807, 2.05) is 56.3 Å². The first-order valence-electron chi connectivity index (χ1n) is 8.51. The summed E-state index contributed by atoms with van der Waals surface area (Å²) >= 11 is 0. The van der Waals surface area contributed by atoms with Gasteiger partial charge in [0, 0.05) is 16.6 Å². The lowest BCUT2D eigenvalue weighted by molar-refractivity contribution is 0.102. The molecule has 1 amide bonds. The standard InChI is InChI=1S/C21H22N2O2/c1-4-15(3)25-18-9-5-8-17(13-18)21(24)23-19-10-6-7-16-12-11-14(2)22-20(16)19/h5-13,15H,4H2,1-3H3,(H,23,24)/t15-/m1/s1. The zero-order chi connectivity index (χ0) is 17.8. The van der Waals surface area contributed by atoms with Crippen LogP contribution < -0.4 is 10.1 Å². The van der Waals surface area contributed by atoms with Crippen LogP contribution in [0.4, 0.5) is 5.69 Å². The van der Waals surface area contributed by atoms with Crippen LogP contribution in [-0.4, -0.2) is 17.0 Å². The number of hydrogen-bond donors (Lipinski definition) is 1. The zero-order valence-electron chi connectivity index (χ0n) is 14.7. The molecule has 0 saturated carbocycles. The summed E-state index contributed by atoms with van der Waals surface area (Å²) in [7, 11) is 0. The van der Waals surface area contributed by atoms with Gasteiger partial charge in [-0.25, -0.2) is 0 Å². The molecule has 0 fully saturated rings. The number of para-hydroxylation sites is 1. The fourth-order valence-electron chi connectivity index (χ4n) is 2.57. The van der Waals surface area contributed by atoms with Crippen molar-refractivity contribution in [1.82, 2.24) is 4.98 Å². The number of ether oxygens (including phenoxy) is 1. The van der Waals surface area contributed by atoms with E-state index >= 15 is 0 Å². The Balaban J connectivity index is 1.85. The molecule has 4 heteroatoms. The van der Waals surface area contributed by atoms with Gasteiger partial charge in [-0.1, -0.05) is 31.2 Å². The molecule has 4 nitrogen and oxygen atoms in total. The Morgan fingerprint density at radius 3 is 2.76 bits per heavy atom. The van der Waals surface area contributed by atoms with Gasteiger partial charge in [0.1, 0.15) is 5.75 Å². The number of nitrogens with zero attached hydrogens (tertiary/aromatic N) is 1. The number of fused-ring (bicyclic) bond motifs is 1. The molecule has 128 valence electrons. The Bertz CT molecular complexity index is 905. The lowest BCUT2D eigenvalue weighted by Gasteiger charge is -2.13. The molecule has 1 N–H and O–H groups in total. The van der Waals surface area contributed by atoms with E-state index in [4.69, 9.17) is 4.74 Å². The summed E-state index contributed by atoms with van der Waals surface area (Å²) < 4.78 is 5.80. The number of rotatable bonds is 5. The van der Waals surface area contributed by atoms with Crippen molar-refractivity contribution in [3.8, 4) is 5.75 Å². The van der Waals surface area contributed by atoms with Crippen LogP contribution >= 0.6 is 0 Å². The number of nitrogens with one attached hydrogen (secondary N) is 1. The smallest absolute Gasteiger partial charge is 0.255 e. The molecule has 0 unspecified atom stereocenters. The number of aromatic nitrogens is 1. The summed E-state index contributed by atoms with van der Waals surface area (Å²) in [5, 5.41) is 3.96. The second-order valence-corrected chi connectivity index (χ2v) is 6.15. The van der Waals surface area contributed by atoms with E-state index in [0.29, 0.717) is 17.0 Å². The minimum absolute atomic E-state index is 0.114. The van der Waals surface area contributed by atoms with Crippen molar-refractivity contribution in [2.24, 2.45) is 0 Å². The molecule has 1 aromatic heterocycles. The highest BCUT2D eigenvalue weighted by Crippen LogP contribution is 2.23. The highest BCUT2D eigenvalue weighted by molar-refractivity contribution is 6.08. The van der Waals surface area contributed by atoms with Crippen molar-refractivity contribution >= 4 is 22.5 Å². The first-order chi connectivity index (χ1) is 12.1. The molecule has 0 radical (unpaired) electrons. The monoisotopic (exact) mass is 334 g/mol. The van der Waals surface area contributed by atoms with Crippen LogP contribution in [0.2, 0.25) is 0 Å². The molecule has 2 aromatic carbocycles. The molecule has 3 rings (SSSR count). The number of carbonyl (C=O) groups excluding carboxylic acids is 1. The maximum Gasteiger partial charge on any atom is 0.255 e. The van der Waals surface area contributed by atoms with E-state index in [-0.39, 0.29) is 12.0 Å². The van der Waals surface area contributed by atoms with Gasteiger partial charge in [-0.3, -0.25) is 9.78 Å². The van der Waals surface area contributed by atoms with Crippen molar-refractivity contribution in [2.75, 3.05) is 5.32 Å². The van der Waals surface area contributed by atoms with Crippen LogP contribution in [0, 0.1) is 6.92 Å². The zero-order valence-corrected chi connectivity index (χ0v) is 14.7. The highest BCUT2D eigenvalue weighted by Gasteiger charge is 2.11. The van der Waals surface area contributed by atoms with Crippen LogP contribution in [0.15, 0.2) is 54.6 Å². The van der Waals surface area contributed by atoms with Crippen LogP contribution in [-0.2, 0) is 0 Å². The second kappa shape index (κ2) is 7.34. The predicted molar refractivity (Wildman–Crippen MR) is 101 cm³/mol. The number of carbonyl (C=O) groups is 1. The van der Waals surface area contributed by atoms with E-state index in [9.17, 15) is 4.79 Å². The fourth-order valence-corrected chi connectivity index (χ4v) is 2.57. The number of amides is 1. The van der Waals surface area contributed by atoms with Crippen molar-refractivity contribution in [3.63, 3.8) is 0 Å².